The van der Waals surface area contributed by atoms with Crippen LogP contribution in [-0.2, 0) is 4.74 Å². The summed E-state index contributed by atoms with van der Waals surface area (Å²) in [5, 5.41) is 8.57. The first-order valence-corrected chi connectivity index (χ1v) is 12.2. The summed E-state index contributed by atoms with van der Waals surface area (Å²) in [6, 6.07) is 9.27. The highest BCUT2D eigenvalue weighted by molar-refractivity contribution is 7.12. The number of carbonyl (C=O) groups excluding carboxylic acids is 1. The van der Waals surface area contributed by atoms with E-state index in [0.717, 1.165) is 16.1 Å². The van der Waals surface area contributed by atoms with E-state index in [4.69, 9.17) is 26.1 Å². The van der Waals surface area contributed by atoms with E-state index in [1.54, 1.807) is 42.8 Å². The summed E-state index contributed by atoms with van der Waals surface area (Å²) in [5.74, 6) is 0.114. The quantitative estimate of drug-likeness (QED) is 0.289. The number of hydrogen-bond acceptors (Lipinski definition) is 6. The molecule has 4 rings (SSSR count). The molecule has 3 aromatic heterocycles. The predicted octanol–water partition coefficient (Wildman–Crippen LogP) is 6.29. The second-order valence-corrected chi connectivity index (χ2v) is 10.1. The molecule has 0 unspecified atom stereocenters. The van der Waals surface area contributed by atoms with Crippen molar-refractivity contribution in [3.05, 3.63) is 56.9 Å². The molecule has 1 aromatic carbocycles. The van der Waals surface area contributed by atoms with Gasteiger partial charge in [0, 0.05) is 28.5 Å². The first-order valence-electron chi connectivity index (χ1n) is 11.0. The molecule has 0 saturated carbocycles. The van der Waals surface area contributed by atoms with Crippen LogP contribution in [0.4, 0.5) is 5.69 Å². The smallest absolute Gasteiger partial charge is 0.256 e. The molecule has 0 aliphatic heterocycles. The molecular formula is C25H27ClN4O3S. The number of ether oxygens (including phenoxy) is 2. The predicted molar refractivity (Wildman–Crippen MR) is 137 cm³/mol. The maximum absolute atomic E-state index is 13.6. The minimum absolute atomic E-state index is 0.0928. The number of nitrogens with one attached hydrogen (secondary N) is 1. The molecule has 7 nitrogen and oxygen atoms in total. The molecule has 0 saturated heterocycles. The van der Waals surface area contributed by atoms with Gasteiger partial charge in [-0.25, -0.2) is 9.67 Å². The summed E-state index contributed by atoms with van der Waals surface area (Å²) in [5.41, 5.74) is 3.39. The molecule has 178 valence electrons. The third-order valence-corrected chi connectivity index (χ3v) is 6.63. The Kier molecular flexibility index (Phi) is 7.21. The van der Waals surface area contributed by atoms with Gasteiger partial charge in [-0.2, -0.15) is 5.10 Å². The number of methoxy groups -OCH3 is 1. The Morgan fingerprint density at radius 1 is 1.24 bits per heavy atom. The van der Waals surface area contributed by atoms with Crippen molar-refractivity contribution in [2.45, 2.75) is 33.7 Å². The molecule has 0 radical (unpaired) electrons. The third-order valence-electron chi connectivity index (χ3n) is 5.37. The van der Waals surface area contributed by atoms with Crippen LogP contribution < -0.4 is 10.1 Å². The van der Waals surface area contributed by atoms with Crippen LogP contribution in [0.3, 0.4) is 0 Å². The van der Waals surface area contributed by atoms with E-state index in [2.05, 4.69) is 30.3 Å². The summed E-state index contributed by atoms with van der Waals surface area (Å²) in [7, 11) is 1.60. The Hall–Kier alpha value is -2.94. The lowest BCUT2D eigenvalue weighted by Crippen LogP contribution is -2.15. The van der Waals surface area contributed by atoms with Crippen LogP contribution in [-0.4, -0.2) is 41.0 Å². The zero-order valence-corrected chi connectivity index (χ0v) is 21.4. The van der Waals surface area contributed by atoms with Gasteiger partial charge in [0.2, 0.25) is 0 Å². The van der Waals surface area contributed by atoms with Gasteiger partial charge in [-0.3, -0.25) is 4.79 Å². The van der Waals surface area contributed by atoms with Crippen LogP contribution in [0.5, 0.6) is 5.75 Å². The maximum atomic E-state index is 13.6. The van der Waals surface area contributed by atoms with Crippen LogP contribution in [0, 0.1) is 13.8 Å². The second kappa shape index (κ2) is 10.1. The molecule has 0 aliphatic rings. The Labute approximate surface area is 207 Å². The first kappa shape index (κ1) is 24.2. The lowest BCUT2D eigenvalue weighted by Gasteiger charge is -2.15. The van der Waals surface area contributed by atoms with Crippen molar-refractivity contribution in [2.75, 3.05) is 25.6 Å². The number of aryl methyl sites for hydroxylation is 2. The zero-order valence-electron chi connectivity index (χ0n) is 19.8. The van der Waals surface area contributed by atoms with Crippen molar-refractivity contribution in [1.82, 2.24) is 14.8 Å². The van der Waals surface area contributed by atoms with Gasteiger partial charge in [-0.15, -0.1) is 11.3 Å². The van der Waals surface area contributed by atoms with Gasteiger partial charge in [0.15, 0.2) is 11.4 Å². The highest BCUT2D eigenvalue weighted by Crippen LogP contribution is 2.35. The summed E-state index contributed by atoms with van der Waals surface area (Å²) < 4.78 is 12.7. The summed E-state index contributed by atoms with van der Waals surface area (Å²) in [6.07, 6.45) is 1.70. The maximum Gasteiger partial charge on any atom is 0.256 e. The highest BCUT2D eigenvalue weighted by atomic mass is 35.5. The van der Waals surface area contributed by atoms with Crippen LogP contribution in [0.2, 0.25) is 5.02 Å². The Bertz CT molecular complexity index is 1350. The number of halogens is 1. The Balaban J connectivity index is 1.79. The second-order valence-electron chi connectivity index (χ2n) is 8.21. The molecule has 0 spiro atoms. The monoisotopic (exact) mass is 498 g/mol. The highest BCUT2D eigenvalue weighted by Gasteiger charge is 2.21. The number of nitrogens with zero attached hydrogens (tertiary/aromatic N) is 3. The standard InChI is InChI=1S/C25H27ClN4O3S/c1-14(2)30-24-19(13-27-30)18(12-22(28-24)17-11-15(3)34-16(17)4)25(31)29-21-8-6-7-20(26)23(21)33-10-9-32-5/h6-8,11-14H,9-10H2,1-5H3,(H,29,31). The van der Waals surface area contributed by atoms with Crippen LogP contribution in [0.25, 0.3) is 22.3 Å². The van der Waals surface area contributed by atoms with Crippen LogP contribution in [0.1, 0.15) is 40.0 Å². The average Bonchev–Trinajstić information content (AvgIpc) is 3.37. The lowest BCUT2D eigenvalue weighted by molar-refractivity contribution is 0.102. The fraction of sp³-hybridized carbons (Fsp3) is 0.320. The number of amides is 1. The number of rotatable bonds is 8. The summed E-state index contributed by atoms with van der Waals surface area (Å²) >= 11 is 8.06. The molecule has 3 heterocycles. The van der Waals surface area contributed by atoms with Gasteiger partial charge >= 0.3 is 0 Å². The number of anilines is 1. The molecule has 0 fully saturated rings. The third kappa shape index (κ3) is 4.80. The number of pyridine rings is 1. The number of para-hydroxylation sites is 1. The number of thiophene rings is 1. The molecule has 4 aromatic rings. The van der Waals surface area contributed by atoms with E-state index in [9.17, 15) is 4.79 Å². The molecule has 1 amide bonds. The van der Waals surface area contributed by atoms with E-state index in [1.165, 1.54) is 4.88 Å². The van der Waals surface area contributed by atoms with E-state index < -0.39 is 0 Å². The van der Waals surface area contributed by atoms with Crippen LogP contribution >= 0.6 is 22.9 Å². The summed E-state index contributed by atoms with van der Waals surface area (Å²) in [6.45, 7) is 8.92. The van der Waals surface area contributed by atoms with Crippen molar-refractivity contribution < 1.29 is 14.3 Å². The lowest BCUT2D eigenvalue weighted by atomic mass is 10.1. The number of fused-ring (bicyclic) bond motifs is 1. The molecular weight excluding hydrogens is 472 g/mol. The number of benzene rings is 1. The van der Waals surface area contributed by atoms with Crippen LogP contribution in [0.15, 0.2) is 36.5 Å². The first-order chi connectivity index (χ1) is 16.3. The Morgan fingerprint density at radius 2 is 2.03 bits per heavy atom. The minimum Gasteiger partial charge on any atom is -0.487 e. The molecule has 1 N–H and O–H groups in total. The summed E-state index contributed by atoms with van der Waals surface area (Å²) in [4.78, 5) is 20.8. The van der Waals surface area contributed by atoms with Crippen molar-refractivity contribution >= 4 is 45.6 Å². The van der Waals surface area contributed by atoms with Crippen molar-refractivity contribution in [3.8, 4) is 17.0 Å². The number of aromatic nitrogens is 3. The average molecular weight is 499 g/mol. The van der Waals surface area contributed by atoms with E-state index in [1.807, 2.05) is 24.6 Å². The van der Waals surface area contributed by atoms with Gasteiger partial charge < -0.3 is 14.8 Å². The molecule has 0 atom stereocenters. The fourth-order valence-electron chi connectivity index (χ4n) is 3.78. The molecule has 9 heteroatoms. The molecule has 0 aliphatic carbocycles. The van der Waals surface area contributed by atoms with Crippen molar-refractivity contribution in [3.63, 3.8) is 0 Å². The van der Waals surface area contributed by atoms with Gasteiger partial charge in [0.25, 0.3) is 5.91 Å². The number of carbonyl (C=O) groups is 1. The van der Waals surface area contributed by atoms with E-state index in [-0.39, 0.29) is 11.9 Å². The SMILES string of the molecule is COCCOc1c(Cl)cccc1NC(=O)c1cc(-c2cc(C)sc2C)nc2c1cnn2C(C)C. The molecule has 0 bridgehead atoms. The topological polar surface area (TPSA) is 78.3 Å². The van der Waals surface area contributed by atoms with Crippen molar-refractivity contribution in [1.29, 1.82) is 0 Å². The minimum atomic E-state index is -0.291. The van der Waals surface area contributed by atoms with Gasteiger partial charge in [-0.1, -0.05) is 17.7 Å². The Morgan fingerprint density at radius 3 is 2.71 bits per heavy atom. The largest absolute Gasteiger partial charge is 0.487 e. The van der Waals surface area contributed by atoms with E-state index >= 15 is 0 Å². The van der Waals surface area contributed by atoms with Gasteiger partial charge in [-0.05, 0) is 52.0 Å². The fourth-order valence-corrected chi connectivity index (χ4v) is 4.94. The normalized spacial score (nSPS) is 11.4. The van der Waals surface area contributed by atoms with Gasteiger partial charge in [0.05, 0.1) is 40.2 Å². The van der Waals surface area contributed by atoms with Gasteiger partial charge in [0.1, 0.15) is 6.61 Å². The molecule has 34 heavy (non-hydrogen) atoms. The van der Waals surface area contributed by atoms with E-state index in [0.29, 0.717) is 46.3 Å². The number of hydrogen-bond donors (Lipinski definition) is 1. The zero-order chi connectivity index (χ0) is 24.4. The van der Waals surface area contributed by atoms with Crippen molar-refractivity contribution in [2.24, 2.45) is 0 Å².